The molecule has 4 N–H and O–H groups in total. The first-order valence-corrected chi connectivity index (χ1v) is 5.79. The lowest BCUT2D eigenvalue weighted by atomic mass is 10.1. The van der Waals surface area contributed by atoms with Gasteiger partial charge in [-0.15, -0.1) is 0 Å². The number of nitrogens with one attached hydrogen (secondary N) is 1. The molecule has 86 valence electrons. The Morgan fingerprint density at radius 3 is 2.88 bits per heavy atom. The van der Waals surface area contributed by atoms with Gasteiger partial charge in [0, 0.05) is 23.0 Å². The Kier molecular flexibility index (Phi) is 3.15. The van der Waals surface area contributed by atoms with Crippen LogP contribution in [0, 0.1) is 6.92 Å². The van der Waals surface area contributed by atoms with Gasteiger partial charge in [0.05, 0.1) is 13.2 Å². The molecule has 0 aliphatic rings. The van der Waals surface area contributed by atoms with Crippen LogP contribution < -0.4 is 10.5 Å². The molecule has 0 saturated carbocycles. The molecule has 3 nitrogen and oxygen atoms in total. The van der Waals surface area contributed by atoms with E-state index in [9.17, 15) is 0 Å². The summed E-state index contributed by atoms with van der Waals surface area (Å²) < 4.78 is 5.53. The average Bonchev–Trinajstić information content (AvgIpc) is 2.57. The minimum atomic E-state index is 0.708. The topological polar surface area (TPSA) is 52.7 Å². The zero-order valence-corrected chi connectivity index (χ0v) is 9.97. The summed E-state index contributed by atoms with van der Waals surface area (Å²) in [4.78, 5) is 3.40. The molecule has 0 spiro atoms. The molecule has 16 heavy (non-hydrogen) atoms. The van der Waals surface area contributed by atoms with Crippen LogP contribution in [0.2, 0.25) is 0 Å². The molecule has 0 radical (unpaired) electrons. The van der Waals surface area contributed by atoms with Crippen molar-refractivity contribution in [3.8, 4) is 5.75 Å². The minimum Gasteiger partial charge on any atom is -0.494 e. The smallest absolute Gasteiger partial charge is 0.120 e. The number of ether oxygens (including phenoxy) is 1. The summed E-state index contributed by atoms with van der Waals surface area (Å²) >= 11 is 0. The van der Waals surface area contributed by atoms with Crippen molar-refractivity contribution in [1.29, 1.82) is 0 Å². The molecule has 0 atom stereocenters. The van der Waals surface area contributed by atoms with E-state index in [1.165, 1.54) is 22.2 Å². The van der Waals surface area contributed by atoms with E-state index in [0.717, 1.165) is 18.7 Å². The Labute approximate surface area is 95.6 Å². The maximum Gasteiger partial charge on any atom is 0.120 e. The first-order valence-electron chi connectivity index (χ1n) is 5.79. The summed E-state index contributed by atoms with van der Waals surface area (Å²) in [7, 11) is 0. The Morgan fingerprint density at radius 2 is 2.19 bits per heavy atom. The SMILES string of the molecule is CCOc1ccc2[nH]c(C)c(CC[NH3+])c2c1. The van der Waals surface area contributed by atoms with Gasteiger partial charge in [-0.1, -0.05) is 0 Å². The van der Waals surface area contributed by atoms with Gasteiger partial charge in [-0.05, 0) is 37.6 Å². The molecule has 0 aliphatic heterocycles. The number of aryl methyl sites for hydroxylation is 1. The van der Waals surface area contributed by atoms with E-state index in [1.807, 2.05) is 13.0 Å². The zero-order chi connectivity index (χ0) is 11.5. The van der Waals surface area contributed by atoms with E-state index in [-0.39, 0.29) is 0 Å². The normalized spacial score (nSPS) is 10.9. The van der Waals surface area contributed by atoms with Gasteiger partial charge in [-0.3, -0.25) is 0 Å². The Bertz CT molecular complexity index is 488. The third-order valence-electron chi connectivity index (χ3n) is 2.83. The Hall–Kier alpha value is -1.48. The number of quaternary nitrogens is 1. The predicted molar refractivity (Wildman–Crippen MR) is 65.7 cm³/mol. The monoisotopic (exact) mass is 219 g/mol. The highest BCUT2D eigenvalue weighted by atomic mass is 16.5. The van der Waals surface area contributed by atoms with Gasteiger partial charge < -0.3 is 15.5 Å². The largest absolute Gasteiger partial charge is 0.494 e. The van der Waals surface area contributed by atoms with Crippen molar-refractivity contribution in [3.05, 3.63) is 29.5 Å². The van der Waals surface area contributed by atoms with Crippen LogP contribution in [0.25, 0.3) is 10.9 Å². The van der Waals surface area contributed by atoms with Crippen molar-refractivity contribution < 1.29 is 10.5 Å². The molecule has 0 saturated heterocycles. The van der Waals surface area contributed by atoms with Crippen molar-refractivity contribution in [2.75, 3.05) is 13.2 Å². The summed E-state index contributed by atoms with van der Waals surface area (Å²) in [6, 6.07) is 6.21. The lowest BCUT2D eigenvalue weighted by Crippen LogP contribution is -2.51. The number of aromatic amines is 1. The number of H-pyrrole nitrogens is 1. The molecule has 0 aliphatic carbocycles. The van der Waals surface area contributed by atoms with E-state index >= 15 is 0 Å². The molecule has 3 heteroatoms. The first kappa shape index (κ1) is 11.0. The second-order valence-corrected chi connectivity index (χ2v) is 3.97. The molecule has 0 amide bonds. The molecule has 0 unspecified atom stereocenters. The summed E-state index contributed by atoms with van der Waals surface area (Å²) in [5, 5.41) is 1.27. The molecule has 0 fully saturated rings. The molecule has 2 rings (SSSR count). The number of hydrogen-bond acceptors (Lipinski definition) is 1. The molecular formula is C13H19N2O+. The maximum absolute atomic E-state index is 5.53. The molecule has 2 aromatic rings. The van der Waals surface area contributed by atoms with Crippen LogP contribution in [-0.2, 0) is 6.42 Å². The highest BCUT2D eigenvalue weighted by Crippen LogP contribution is 2.26. The fraction of sp³-hybridized carbons (Fsp3) is 0.385. The Balaban J connectivity index is 2.51. The molecule has 0 bridgehead atoms. The van der Waals surface area contributed by atoms with Gasteiger partial charge in [-0.25, -0.2) is 0 Å². The second-order valence-electron chi connectivity index (χ2n) is 3.97. The number of benzene rings is 1. The van der Waals surface area contributed by atoms with Crippen molar-refractivity contribution in [2.24, 2.45) is 0 Å². The number of fused-ring (bicyclic) bond motifs is 1. The summed E-state index contributed by atoms with van der Waals surface area (Å²) in [6.45, 7) is 5.75. The minimum absolute atomic E-state index is 0.708. The lowest BCUT2D eigenvalue weighted by Gasteiger charge is -2.03. The van der Waals surface area contributed by atoms with Gasteiger partial charge in [0.1, 0.15) is 5.75 Å². The van der Waals surface area contributed by atoms with E-state index in [4.69, 9.17) is 4.74 Å². The van der Waals surface area contributed by atoms with E-state index in [2.05, 4.69) is 29.8 Å². The van der Waals surface area contributed by atoms with E-state index < -0.39 is 0 Å². The fourth-order valence-electron chi connectivity index (χ4n) is 2.12. The Morgan fingerprint density at radius 1 is 1.38 bits per heavy atom. The molecule has 1 aromatic carbocycles. The standard InChI is InChI=1S/C13H18N2O/c1-3-16-10-4-5-13-12(8-10)11(6-7-14)9(2)15-13/h4-5,8,15H,3,6-7,14H2,1-2H3/p+1. The average molecular weight is 219 g/mol. The first-order chi connectivity index (χ1) is 7.76. The van der Waals surface area contributed by atoms with Crippen LogP contribution >= 0.6 is 0 Å². The quantitative estimate of drug-likeness (QED) is 0.807. The van der Waals surface area contributed by atoms with Crippen LogP contribution in [0.15, 0.2) is 18.2 Å². The summed E-state index contributed by atoms with van der Waals surface area (Å²) in [6.07, 6.45) is 1.02. The highest BCUT2D eigenvalue weighted by Gasteiger charge is 2.09. The van der Waals surface area contributed by atoms with E-state index in [1.54, 1.807) is 0 Å². The number of rotatable bonds is 4. The third-order valence-corrected chi connectivity index (χ3v) is 2.83. The van der Waals surface area contributed by atoms with Gasteiger partial charge in [0.15, 0.2) is 0 Å². The molecular weight excluding hydrogens is 200 g/mol. The highest BCUT2D eigenvalue weighted by molar-refractivity contribution is 5.86. The zero-order valence-electron chi connectivity index (χ0n) is 9.97. The summed E-state index contributed by atoms with van der Waals surface area (Å²) in [5.41, 5.74) is 7.72. The molecule has 1 heterocycles. The van der Waals surface area contributed by atoms with Crippen LogP contribution in [0.5, 0.6) is 5.75 Å². The van der Waals surface area contributed by atoms with Crippen LogP contribution in [0.4, 0.5) is 0 Å². The lowest BCUT2D eigenvalue weighted by molar-refractivity contribution is -0.366. The van der Waals surface area contributed by atoms with E-state index in [0.29, 0.717) is 6.61 Å². The van der Waals surface area contributed by atoms with Gasteiger partial charge in [0.2, 0.25) is 0 Å². The van der Waals surface area contributed by atoms with Crippen molar-refractivity contribution in [1.82, 2.24) is 4.98 Å². The molecule has 1 aromatic heterocycles. The van der Waals surface area contributed by atoms with Gasteiger partial charge in [0.25, 0.3) is 0 Å². The summed E-state index contributed by atoms with van der Waals surface area (Å²) in [5.74, 6) is 0.944. The fourth-order valence-corrected chi connectivity index (χ4v) is 2.12. The van der Waals surface area contributed by atoms with Gasteiger partial charge >= 0.3 is 0 Å². The third kappa shape index (κ3) is 1.91. The van der Waals surface area contributed by atoms with Crippen LogP contribution in [0.3, 0.4) is 0 Å². The van der Waals surface area contributed by atoms with Gasteiger partial charge in [-0.2, -0.15) is 0 Å². The number of aromatic nitrogens is 1. The van der Waals surface area contributed by atoms with Crippen molar-refractivity contribution in [2.45, 2.75) is 20.3 Å². The van der Waals surface area contributed by atoms with Crippen molar-refractivity contribution >= 4 is 10.9 Å². The number of hydrogen-bond donors (Lipinski definition) is 2. The van der Waals surface area contributed by atoms with Crippen molar-refractivity contribution in [3.63, 3.8) is 0 Å². The van der Waals surface area contributed by atoms with Crippen LogP contribution in [0.1, 0.15) is 18.2 Å². The second kappa shape index (κ2) is 4.58. The predicted octanol–water partition coefficient (Wildman–Crippen LogP) is 1.66. The van der Waals surface area contributed by atoms with Crippen LogP contribution in [-0.4, -0.2) is 18.1 Å². The maximum atomic E-state index is 5.53.